The normalized spacial score (nSPS) is 12.2. The van der Waals surface area contributed by atoms with Crippen molar-refractivity contribution >= 4 is 17.6 Å². The standard InChI is InChI=1S/C8H9ClN2O3/c1-5(8(13)14-2)11-7(12)3-6(9)4-10-11/h3-5H,1-2H3/t5-/m0/s1. The lowest BCUT2D eigenvalue weighted by molar-refractivity contribution is -0.144. The molecule has 0 aliphatic rings. The molecule has 0 aliphatic heterocycles. The molecule has 76 valence electrons. The minimum Gasteiger partial charge on any atom is -0.467 e. The van der Waals surface area contributed by atoms with E-state index in [4.69, 9.17) is 11.6 Å². The molecule has 0 saturated heterocycles. The van der Waals surface area contributed by atoms with Crippen LogP contribution in [-0.2, 0) is 9.53 Å². The van der Waals surface area contributed by atoms with Crippen LogP contribution in [0.5, 0.6) is 0 Å². The van der Waals surface area contributed by atoms with Crippen molar-refractivity contribution in [3.8, 4) is 0 Å². The Hall–Kier alpha value is -1.36. The number of hydrogen-bond donors (Lipinski definition) is 0. The molecule has 14 heavy (non-hydrogen) atoms. The van der Waals surface area contributed by atoms with Crippen LogP contribution in [0.1, 0.15) is 13.0 Å². The summed E-state index contributed by atoms with van der Waals surface area (Å²) >= 11 is 5.54. The van der Waals surface area contributed by atoms with Crippen LogP contribution in [0, 0.1) is 0 Å². The van der Waals surface area contributed by atoms with Gasteiger partial charge in [0.25, 0.3) is 5.56 Å². The molecule has 1 atom stereocenters. The first-order valence-electron chi connectivity index (χ1n) is 3.88. The molecule has 0 aliphatic carbocycles. The molecule has 0 fully saturated rings. The van der Waals surface area contributed by atoms with Crippen LogP contribution in [0.2, 0.25) is 5.02 Å². The highest BCUT2D eigenvalue weighted by Gasteiger charge is 2.17. The predicted molar refractivity (Wildman–Crippen MR) is 50.2 cm³/mol. The Morgan fingerprint density at radius 2 is 2.36 bits per heavy atom. The Bertz CT molecular complexity index is 402. The van der Waals surface area contributed by atoms with Crippen molar-refractivity contribution < 1.29 is 9.53 Å². The number of halogens is 1. The summed E-state index contributed by atoms with van der Waals surface area (Å²) in [4.78, 5) is 22.4. The zero-order valence-electron chi connectivity index (χ0n) is 7.73. The van der Waals surface area contributed by atoms with Gasteiger partial charge in [0.1, 0.15) is 0 Å². The van der Waals surface area contributed by atoms with Gasteiger partial charge in [0, 0.05) is 6.07 Å². The Balaban J connectivity index is 3.08. The number of rotatable bonds is 2. The Morgan fingerprint density at radius 3 is 2.86 bits per heavy atom. The smallest absolute Gasteiger partial charge is 0.330 e. The average molecular weight is 217 g/mol. The van der Waals surface area contributed by atoms with Crippen LogP contribution in [0.4, 0.5) is 0 Å². The molecule has 1 aromatic rings. The number of ether oxygens (including phenoxy) is 1. The molecule has 0 bridgehead atoms. The molecule has 1 aromatic heterocycles. The monoisotopic (exact) mass is 216 g/mol. The highest BCUT2D eigenvalue weighted by Crippen LogP contribution is 2.05. The van der Waals surface area contributed by atoms with Gasteiger partial charge in [-0.05, 0) is 6.92 Å². The van der Waals surface area contributed by atoms with Gasteiger partial charge in [0.2, 0.25) is 0 Å². The molecule has 0 saturated carbocycles. The molecule has 0 unspecified atom stereocenters. The summed E-state index contributed by atoms with van der Waals surface area (Å²) in [6.45, 7) is 1.52. The van der Waals surface area contributed by atoms with Crippen LogP contribution in [-0.4, -0.2) is 22.9 Å². The molecule has 1 rings (SSSR count). The second kappa shape index (κ2) is 4.23. The summed E-state index contributed by atoms with van der Waals surface area (Å²) in [6.07, 6.45) is 1.29. The van der Waals surface area contributed by atoms with Gasteiger partial charge in [-0.3, -0.25) is 4.79 Å². The first kappa shape index (κ1) is 10.7. The first-order chi connectivity index (χ1) is 6.56. The maximum atomic E-state index is 11.3. The number of carbonyl (C=O) groups is 1. The van der Waals surface area contributed by atoms with E-state index < -0.39 is 17.6 Å². The zero-order chi connectivity index (χ0) is 10.7. The van der Waals surface area contributed by atoms with Crippen LogP contribution >= 0.6 is 11.6 Å². The predicted octanol–water partition coefficient (Wildman–Crippen LogP) is 0.631. The number of carbonyl (C=O) groups excluding carboxylic acids is 1. The second-order valence-corrected chi connectivity index (χ2v) is 3.09. The summed E-state index contributed by atoms with van der Waals surface area (Å²) in [5.41, 5.74) is -0.435. The van der Waals surface area contributed by atoms with Crippen molar-refractivity contribution in [1.29, 1.82) is 0 Å². The minimum atomic E-state index is -0.746. The van der Waals surface area contributed by atoms with Crippen molar-refractivity contribution in [1.82, 2.24) is 9.78 Å². The Kier molecular flexibility index (Phi) is 3.24. The van der Waals surface area contributed by atoms with E-state index in [2.05, 4.69) is 9.84 Å². The van der Waals surface area contributed by atoms with Gasteiger partial charge in [-0.25, -0.2) is 9.48 Å². The van der Waals surface area contributed by atoms with E-state index in [1.165, 1.54) is 26.3 Å². The molecule has 0 amide bonds. The van der Waals surface area contributed by atoms with Gasteiger partial charge in [-0.1, -0.05) is 11.6 Å². The number of nitrogens with zero attached hydrogens (tertiary/aromatic N) is 2. The molecule has 0 radical (unpaired) electrons. The number of esters is 1. The molecular weight excluding hydrogens is 208 g/mol. The van der Waals surface area contributed by atoms with E-state index in [0.717, 1.165) is 4.68 Å². The summed E-state index contributed by atoms with van der Waals surface area (Å²) < 4.78 is 5.49. The van der Waals surface area contributed by atoms with Crippen molar-refractivity contribution in [3.63, 3.8) is 0 Å². The second-order valence-electron chi connectivity index (χ2n) is 2.66. The van der Waals surface area contributed by atoms with Crippen molar-refractivity contribution in [2.75, 3.05) is 7.11 Å². The fourth-order valence-corrected chi connectivity index (χ4v) is 1.09. The van der Waals surface area contributed by atoms with E-state index in [1.807, 2.05) is 0 Å². The third-order valence-electron chi connectivity index (χ3n) is 1.70. The maximum absolute atomic E-state index is 11.3. The Labute approximate surface area is 85.2 Å². The van der Waals surface area contributed by atoms with Gasteiger partial charge in [0.05, 0.1) is 18.3 Å². The topological polar surface area (TPSA) is 61.2 Å². The fraction of sp³-hybridized carbons (Fsp3) is 0.375. The summed E-state index contributed by atoms with van der Waals surface area (Å²) in [6, 6.07) is 0.443. The first-order valence-corrected chi connectivity index (χ1v) is 4.26. The van der Waals surface area contributed by atoms with Crippen molar-refractivity contribution in [2.24, 2.45) is 0 Å². The largest absolute Gasteiger partial charge is 0.467 e. The minimum absolute atomic E-state index is 0.239. The number of methoxy groups -OCH3 is 1. The van der Waals surface area contributed by atoms with Gasteiger partial charge >= 0.3 is 5.97 Å². The third-order valence-corrected chi connectivity index (χ3v) is 1.91. The lowest BCUT2D eigenvalue weighted by Crippen LogP contribution is -2.30. The van der Waals surface area contributed by atoms with E-state index in [9.17, 15) is 9.59 Å². The molecule has 0 aromatic carbocycles. The zero-order valence-corrected chi connectivity index (χ0v) is 8.49. The lowest BCUT2D eigenvalue weighted by Gasteiger charge is -2.10. The van der Waals surface area contributed by atoms with E-state index >= 15 is 0 Å². The molecular formula is C8H9ClN2O3. The van der Waals surface area contributed by atoms with E-state index in [-0.39, 0.29) is 5.02 Å². The molecule has 5 nitrogen and oxygen atoms in total. The molecule has 1 heterocycles. The lowest BCUT2D eigenvalue weighted by atomic mass is 10.3. The quantitative estimate of drug-likeness (QED) is 0.681. The number of hydrogen-bond acceptors (Lipinski definition) is 4. The molecule has 6 heteroatoms. The van der Waals surface area contributed by atoms with Gasteiger partial charge in [0.15, 0.2) is 6.04 Å². The van der Waals surface area contributed by atoms with Crippen molar-refractivity contribution in [2.45, 2.75) is 13.0 Å². The fourth-order valence-electron chi connectivity index (χ4n) is 0.957. The van der Waals surface area contributed by atoms with Crippen LogP contribution in [0.15, 0.2) is 17.1 Å². The number of aromatic nitrogens is 2. The molecule has 0 spiro atoms. The van der Waals surface area contributed by atoms with Crippen LogP contribution in [0.3, 0.4) is 0 Å². The van der Waals surface area contributed by atoms with Crippen LogP contribution < -0.4 is 5.56 Å². The molecule has 0 N–H and O–H groups in total. The summed E-state index contributed by atoms with van der Waals surface area (Å²) in [5.74, 6) is -0.526. The van der Waals surface area contributed by atoms with Gasteiger partial charge < -0.3 is 4.74 Å². The van der Waals surface area contributed by atoms with E-state index in [0.29, 0.717) is 0 Å². The third kappa shape index (κ3) is 2.11. The Morgan fingerprint density at radius 1 is 1.71 bits per heavy atom. The average Bonchev–Trinajstić information content (AvgIpc) is 2.15. The van der Waals surface area contributed by atoms with Crippen LogP contribution in [0.25, 0.3) is 0 Å². The van der Waals surface area contributed by atoms with Gasteiger partial charge in [-0.15, -0.1) is 0 Å². The maximum Gasteiger partial charge on any atom is 0.330 e. The highest BCUT2D eigenvalue weighted by atomic mass is 35.5. The highest BCUT2D eigenvalue weighted by molar-refractivity contribution is 6.30. The van der Waals surface area contributed by atoms with Crippen molar-refractivity contribution in [3.05, 3.63) is 27.6 Å². The van der Waals surface area contributed by atoms with Gasteiger partial charge in [-0.2, -0.15) is 5.10 Å². The SMILES string of the molecule is COC(=O)[C@H](C)n1ncc(Cl)cc1=O. The summed E-state index contributed by atoms with van der Waals surface area (Å²) in [5, 5.41) is 3.96. The summed E-state index contributed by atoms with van der Waals surface area (Å²) in [7, 11) is 1.25. The van der Waals surface area contributed by atoms with E-state index in [1.54, 1.807) is 0 Å².